The van der Waals surface area contributed by atoms with Crippen LogP contribution >= 0.6 is 15.6 Å². The Labute approximate surface area is 632 Å². The minimum Gasteiger partial charge on any atom is -0.462 e. The summed E-state index contributed by atoms with van der Waals surface area (Å²) in [5.41, 5.74) is 0. The zero-order chi connectivity index (χ0) is 75.3. The first-order valence-electron chi connectivity index (χ1n) is 43.8. The average molecular weight is 1510 g/mol. The molecule has 103 heavy (non-hydrogen) atoms. The Morgan fingerprint density at radius 3 is 0.573 bits per heavy atom. The van der Waals surface area contributed by atoms with Crippen molar-refractivity contribution in [3.8, 4) is 0 Å². The fraction of sp³-hybridized carbons (Fsp3) is 0.952. The fourth-order valence-corrected chi connectivity index (χ4v) is 14.7. The molecular weight excluding hydrogens is 1340 g/mol. The molecule has 3 N–H and O–H groups in total. The highest BCUT2D eigenvalue weighted by molar-refractivity contribution is 7.47. The Hall–Kier alpha value is -1.94. The number of carbonyl (C=O) groups is 4. The second-order valence-electron chi connectivity index (χ2n) is 30.2. The van der Waals surface area contributed by atoms with Gasteiger partial charge in [-0.2, -0.15) is 0 Å². The first kappa shape index (κ1) is 101. The van der Waals surface area contributed by atoms with Crippen molar-refractivity contribution in [3.63, 3.8) is 0 Å². The van der Waals surface area contributed by atoms with Crippen LogP contribution in [0.4, 0.5) is 0 Å². The lowest BCUT2D eigenvalue weighted by molar-refractivity contribution is -0.161. The fourth-order valence-electron chi connectivity index (χ4n) is 13.2. The Morgan fingerprint density at radius 2 is 0.388 bits per heavy atom. The third-order valence-electron chi connectivity index (χ3n) is 19.9. The van der Waals surface area contributed by atoms with Crippen molar-refractivity contribution in [2.75, 3.05) is 39.6 Å². The van der Waals surface area contributed by atoms with Gasteiger partial charge in [-0.25, -0.2) is 9.13 Å². The number of rotatable bonds is 85. The average Bonchev–Trinajstić information content (AvgIpc) is 0.908. The number of phosphoric acid groups is 2. The molecule has 0 spiro atoms. The van der Waals surface area contributed by atoms with Crippen LogP contribution < -0.4 is 0 Å². The molecule has 0 radical (unpaired) electrons. The van der Waals surface area contributed by atoms with Gasteiger partial charge in [0.25, 0.3) is 0 Å². The van der Waals surface area contributed by atoms with E-state index in [4.69, 9.17) is 37.0 Å². The van der Waals surface area contributed by atoms with Crippen molar-refractivity contribution >= 4 is 39.5 Å². The van der Waals surface area contributed by atoms with Crippen LogP contribution in [0.2, 0.25) is 0 Å². The van der Waals surface area contributed by atoms with Crippen LogP contribution in [0.1, 0.15) is 458 Å². The van der Waals surface area contributed by atoms with Crippen molar-refractivity contribution in [2.45, 2.75) is 476 Å². The molecule has 0 heterocycles. The lowest BCUT2D eigenvalue weighted by Crippen LogP contribution is -2.30. The highest BCUT2D eigenvalue weighted by Crippen LogP contribution is 2.45. The quantitative estimate of drug-likeness (QED) is 0.0222. The molecule has 5 atom stereocenters. The highest BCUT2D eigenvalue weighted by Gasteiger charge is 2.30. The molecule has 0 bridgehead atoms. The zero-order valence-corrected chi connectivity index (χ0v) is 69.1. The van der Waals surface area contributed by atoms with Gasteiger partial charge < -0.3 is 33.8 Å². The topological polar surface area (TPSA) is 237 Å². The van der Waals surface area contributed by atoms with Gasteiger partial charge in [-0.15, -0.1) is 0 Å². The SMILES string of the molecule is CCCCCCCCCCCCCCCCCCCCCCC(=O)O[C@H](COC(=O)CCCCCCCCCCCCCCCCCCCC)COP(=O)(O)OC[C@@H](O)COP(=O)(O)OC[C@@H](COC(=O)CCCCCCCCC)OC(=O)CCCCCCCCCCCCCCCCCCCC. The van der Waals surface area contributed by atoms with Crippen LogP contribution in [0.25, 0.3) is 0 Å². The molecule has 0 amide bonds. The van der Waals surface area contributed by atoms with Gasteiger partial charge in [-0.05, 0) is 25.7 Å². The van der Waals surface area contributed by atoms with Crippen LogP contribution in [0.5, 0.6) is 0 Å². The summed E-state index contributed by atoms with van der Waals surface area (Å²) >= 11 is 0. The first-order valence-corrected chi connectivity index (χ1v) is 46.8. The van der Waals surface area contributed by atoms with E-state index in [1.54, 1.807) is 0 Å². The minimum atomic E-state index is -4.96. The van der Waals surface area contributed by atoms with Crippen LogP contribution in [0, 0.1) is 0 Å². The Kier molecular flexibility index (Phi) is 76.7. The van der Waals surface area contributed by atoms with Crippen LogP contribution in [0.3, 0.4) is 0 Å². The van der Waals surface area contributed by atoms with E-state index >= 15 is 0 Å². The number of hydrogen-bond donors (Lipinski definition) is 3. The van der Waals surface area contributed by atoms with E-state index in [9.17, 15) is 43.2 Å². The van der Waals surface area contributed by atoms with Gasteiger partial charge in [0, 0.05) is 25.7 Å². The second-order valence-corrected chi connectivity index (χ2v) is 33.1. The standard InChI is InChI=1S/C84H164O17P2/c1-5-9-13-17-21-24-27-30-33-36-39-40-43-46-49-52-55-59-63-67-71-84(89)101-80(75-95-82(87)69-65-61-57-53-50-47-44-41-37-34-31-28-25-22-18-14-10-6-2)77-99-103(92,93)97-73-78(85)72-96-102(90,91)98-76-79(74-94-81(86)68-64-60-56-20-16-12-8-4)100-83(88)70-66-62-58-54-51-48-45-42-38-35-32-29-26-23-19-15-11-7-3/h78-80,85H,5-77H2,1-4H3,(H,90,91)(H,92,93)/t78-,79+,80+/m0/s1. The summed E-state index contributed by atoms with van der Waals surface area (Å²) in [4.78, 5) is 73.0. The third-order valence-corrected chi connectivity index (χ3v) is 21.8. The Morgan fingerprint density at radius 1 is 0.233 bits per heavy atom. The molecule has 0 aromatic rings. The number of unbranched alkanes of at least 4 members (excludes halogenated alkanes) is 59. The van der Waals surface area contributed by atoms with E-state index in [1.807, 2.05) is 0 Å². The molecule has 0 fully saturated rings. The summed E-state index contributed by atoms with van der Waals surface area (Å²) in [7, 11) is -9.92. The van der Waals surface area contributed by atoms with E-state index < -0.39 is 97.5 Å². The molecule has 0 saturated carbocycles. The van der Waals surface area contributed by atoms with E-state index in [1.165, 1.54) is 276 Å². The number of aliphatic hydroxyl groups is 1. The van der Waals surface area contributed by atoms with Crippen LogP contribution in [-0.2, 0) is 65.4 Å². The van der Waals surface area contributed by atoms with Crippen molar-refractivity contribution in [1.82, 2.24) is 0 Å². The summed E-state index contributed by atoms with van der Waals surface area (Å²) in [5, 5.41) is 10.6. The van der Waals surface area contributed by atoms with Gasteiger partial charge in [0.2, 0.25) is 0 Å². The van der Waals surface area contributed by atoms with Crippen LogP contribution in [0.15, 0.2) is 0 Å². The number of phosphoric ester groups is 2. The molecule has 0 aliphatic rings. The van der Waals surface area contributed by atoms with Crippen molar-refractivity contribution in [3.05, 3.63) is 0 Å². The molecule has 0 rings (SSSR count). The molecule has 0 aromatic heterocycles. The second kappa shape index (κ2) is 78.2. The van der Waals surface area contributed by atoms with E-state index in [0.29, 0.717) is 25.7 Å². The molecule has 612 valence electrons. The summed E-state index contributed by atoms with van der Waals surface area (Å²) < 4.78 is 68.7. The number of esters is 4. The Bertz CT molecular complexity index is 1950. The van der Waals surface area contributed by atoms with Gasteiger partial charge in [0.05, 0.1) is 26.4 Å². The number of hydrogen-bond acceptors (Lipinski definition) is 15. The number of ether oxygens (including phenoxy) is 4. The molecular formula is C84H164O17P2. The summed E-state index contributed by atoms with van der Waals surface area (Å²) in [6.07, 6.45) is 72.4. The summed E-state index contributed by atoms with van der Waals surface area (Å²) in [6.45, 7) is 5.01. The van der Waals surface area contributed by atoms with Crippen molar-refractivity contribution in [1.29, 1.82) is 0 Å². The smallest absolute Gasteiger partial charge is 0.462 e. The maximum atomic E-state index is 13.1. The number of aliphatic hydroxyl groups excluding tert-OH is 1. The lowest BCUT2D eigenvalue weighted by atomic mass is 10.0. The molecule has 0 saturated heterocycles. The molecule has 0 aliphatic heterocycles. The maximum absolute atomic E-state index is 13.1. The van der Waals surface area contributed by atoms with Gasteiger partial charge >= 0.3 is 39.5 Å². The molecule has 2 unspecified atom stereocenters. The predicted octanol–water partition coefficient (Wildman–Crippen LogP) is 25.7. The lowest BCUT2D eigenvalue weighted by Gasteiger charge is -2.21. The van der Waals surface area contributed by atoms with E-state index in [-0.39, 0.29) is 25.7 Å². The zero-order valence-electron chi connectivity index (χ0n) is 67.3. The van der Waals surface area contributed by atoms with Gasteiger partial charge in [0.15, 0.2) is 12.2 Å². The van der Waals surface area contributed by atoms with Gasteiger partial charge in [-0.3, -0.25) is 37.3 Å². The molecule has 19 heteroatoms. The van der Waals surface area contributed by atoms with Gasteiger partial charge in [0.1, 0.15) is 19.3 Å². The predicted molar refractivity (Wildman–Crippen MR) is 423 cm³/mol. The number of carbonyl (C=O) groups excluding carboxylic acids is 4. The van der Waals surface area contributed by atoms with Crippen molar-refractivity contribution in [2.24, 2.45) is 0 Å². The third kappa shape index (κ3) is 78.0. The maximum Gasteiger partial charge on any atom is 0.472 e. The highest BCUT2D eigenvalue weighted by atomic mass is 31.2. The summed E-state index contributed by atoms with van der Waals surface area (Å²) in [5.74, 6) is -2.11. The molecule has 0 aliphatic carbocycles. The normalized spacial score (nSPS) is 13.7. The summed E-state index contributed by atoms with van der Waals surface area (Å²) in [6, 6.07) is 0. The largest absolute Gasteiger partial charge is 0.472 e. The van der Waals surface area contributed by atoms with Crippen molar-refractivity contribution < 1.29 is 80.2 Å². The van der Waals surface area contributed by atoms with E-state index in [2.05, 4.69) is 27.7 Å². The molecule has 17 nitrogen and oxygen atoms in total. The monoisotopic (exact) mass is 1510 g/mol. The Balaban J connectivity index is 5.16. The van der Waals surface area contributed by atoms with Gasteiger partial charge in [-0.1, -0.05) is 407 Å². The first-order chi connectivity index (χ1) is 50.2. The van der Waals surface area contributed by atoms with Crippen LogP contribution in [-0.4, -0.2) is 96.7 Å². The minimum absolute atomic E-state index is 0.109. The molecule has 0 aromatic carbocycles. The van der Waals surface area contributed by atoms with E-state index in [0.717, 1.165) is 103 Å².